The van der Waals surface area contributed by atoms with Crippen LogP contribution in [0, 0.1) is 15.9 Å². The van der Waals surface area contributed by atoms with E-state index in [1.165, 1.54) is 30.3 Å². The van der Waals surface area contributed by atoms with Crippen LogP contribution in [0.25, 0.3) is 0 Å². The fourth-order valence-corrected chi connectivity index (χ4v) is 2.55. The molecule has 9 heteroatoms. The summed E-state index contributed by atoms with van der Waals surface area (Å²) in [7, 11) is 0. The van der Waals surface area contributed by atoms with Crippen molar-refractivity contribution in [3.63, 3.8) is 0 Å². The van der Waals surface area contributed by atoms with Crippen LogP contribution in [0.5, 0.6) is 0 Å². The van der Waals surface area contributed by atoms with Gasteiger partial charge in [-0.3, -0.25) is 30.6 Å². The van der Waals surface area contributed by atoms with Crippen molar-refractivity contribution < 1.29 is 18.9 Å². The molecule has 27 heavy (non-hydrogen) atoms. The Bertz CT molecular complexity index is 868. The van der Waals surface area contributed by atoms with Crippen LogP contribution < -0.4 is 15.8 Å². The zero-order valence-corrected chi connectivity index (χ0v) is 14.9. The molecule has 0 aliphatic carbocycles. The SMILES string of the molecule is CCN(CC)c1ccc([N+](=O)[O-])cc1C(=O)NNC(=O)c1ccccc1F. The van der Waals surface area contributed by atoms with Crippen molar-refractivity contribution >= 4 is 23.2 Å². The summed E-state index contributed by atoms with van der Waals surface area (Å²) >= 11 is 0. The molecule has 0 atom stereocenters. The van der Waals surface area contributed by atoms with Gasteiger partial charge in [0.05, 0.1) is 21.7 Å². The monoisotopic (exact) mass is 374 g/mol. The number of carbonyl (C=O) groups excluding carboxylic acids is 2. The van der Waals surface area contributed by atoms with E-state index in [-0.39, 0.29) is 16.8 Å². The van der Waals surface area contributed by atoms with Gasteiger partial charge in [-0.05, 0) is 32.0 Å². The van der Waals surface area contributed by atoms with E-state index in [0.29, 0.717) is 18.8 Å². The number of hydrogen-bond donors (Lipinski definition) is 2. The van der Waals surface area contributed by atoms with Crippen LogP contribution in [0.4, 0.5) is 15.8 Å². The fourth-order valence-electron chi connectivity index (χ4n) is 2.55. The van der Waals surface area contributed by atoms with Crippen LogP contribution in [0.3, 0.4) is 0 Å². The number of amides is 2. The van der Waals surface area contributed by atoms with Crippen LogP contribution in [-0.2, 0) is 0 Å². The van der Waals surface area contributed by atoms with E-state index in [9.17, 15) is 24.1 Å². The first-order chi connectivity index (χ1) is 12.9. The normalized spacial score (nSPS) is 10.2. The number of hydrazine groups is 1. The van der Waals surface area contributed by atoms with Gasteiger partial charge in [-0.15, -0.1) is 0 Å². The average Bonchev–Trinajstić information content (AvgIpc) is 2.67. The van der Waals surface area contributed by atoms with Gasteiger partial charge in [0.25, 0.3) is 17.5 Å². The van der Waals surface area contributed by atoms with Gasteiger partial charge in [-0.1, -0.05) is 12.1 Å². The minimum Gasteiger partial charge on any atom is -0.371 e. The molecule has 0 saturated heterocycles. The average molecular weight is 374 g/mol. The summed E-state index contributed by atoms with van der Waals surface area (Å²) in [6, 6.07) is 9.24. The molecule has 0 fully saturated rings. The molecule has 2 rings (SSSR count). The van der Waals surface area contributed by atoms with Gasteiger partial charge in [0.2, 0.25) is 0 Å². The Hall–Kier alpha value is -3.49. The predicted molar refractivity (Wildman–Crippen MR) is 98.0 cm³/mol. The lowest BCUT2D eigenvalue weighted by Gasteiger charge is -2.23. The third-order valence-electron chi connectivity index (χ3n) is 3.95. The Morgan fingerprint density at radius 3 is 2.19 bits per heavy atom. The van der Waals surface area contributed by atoms with Crippen molar-refractivity contribution in [1.82, 2.24) is 10.9 Å². The molecule has 0 bridgehead atoms. The van der Waals surface area contributed by atoms with Crippen LogP contribution in [0.15, 0.2) is 42.5 Å². The number of anilines is 1. The van der Waals surface area contributed by atoms with Crippen molar-refractivity contribution in [1.29, 1.82) is 0 Å². The number of carbonyl (C=O) groups is 2. The van der Waals surface area contributed by atoms with Gasteiger partial charge < -0.3 is 4.90 Å². The number of nitro groups is 1. The maximum atomic E-state index is 13.6. The number of non-ortho nitro benzene ring substituents is 1. The molecule has 2 amide bonds. The Morgan fingerprint density at radius 2 is 1.63 bits per heavy atom. The van der Waals surface area contributed by atoms with Crippen LogP contribution in [0.1, 0.15) is 34.6 Å². The second kappa shape index (κ2) is 8.75. The molecule has 8 nitrogen and oxygen atoms in total. The predicted octanol–water partition coefficient (Wildman–Crippen LogP) is 2.65. The second-order valence-electron chi connectivity index (χ2n) is 5.52. The van der Waals surface area contributed by atoms with Crippen molar-refractivity contribution in [2.24, 2.45) is 0 Å². The zero-order valence-electron chi connectivity index (χ0n) is 14.9. The quantitative estimate of drug-likeness (QED) is 0.597. The van der Waals surface area contributed by atoms with E-state index in [1.54, 1.807) is 0 Å². The smallest absolute Gasteiger partial charge is 0.272 e. The molecule has 0 aromatic heterocycles. The second-order valence-corrected chi connectivity index (χ2v) is 5.52. The van der Waals surface area contributed by atoms with E-state index in [4.69, 9.17) is 0 Å². The Balaban J connectivity index is 2.25. The van der Waals surface area contributed by atoms with E-state index in [0.717, 1.165) is 12.1 Å². The molecule has 0 spiro atoms. The summed E-state index contributed by atoms with van der Waals surface area (Å²) < 4.78 is 13.6. The molecule has 0 saturated carbocycles. The highest BCUT2D eigenvalue weighted by molar-refractivity contribution is 6.02. The van der Waals surface area contributed by atoms with E-state index in [1.807, 2.05) is 18.7 Å². The number of halogens is 1. The molecule has 0 unspecified atom stereocenters. The Morgan fingerprint density at radius 1 is 1.04 bits per heavy atom. The van der Waals surface area contributed by atoms with E-state index >= 15 is 0 Å². The summed E-state index contributed by atoms with van der Waals surface area (Å²) in [5.74, 6) is -2.31. The fraction of sp³-hybridized carbons (Fsp3) is 0.222. The highest BCUT2D eigenvalue weighted by Gasteiger charge is 2.20. The van der Waals surface area contributed by atoms with Gasteiger partial charge in [0.1, 0.15) is 5.82 Å². The standard InChI is InChI=1S/C18H19FN4O4/c1-3-22(4-2)16-10-9-12(23(26)27)11-14(16)18(25)21-20-17(24)13-7-5-6-8-15(13)19/h5-11H,3-4H2,1-2H3,(H,20,24)(H,21,25). The van der Waals surface area contributed by atoms with Gasteiger partial charge in [-0.2, -0.15) is 0 Å². The number of nitrogens with one attached hydrogen (secondary N) is 2. The molecule has 2 aromatic carbocycles. The minimum atomic E-state index is -0.837. The first-order valence-corrected chi connectivity index (χ1v) is 8.27. The lowest BCUT2D eigenvalue weighted by molar-refractivity contribution is -0.384. The maximum absolute atomic E-state index is 13.6. The van der Waals surface area contributed by atoms with Crippen LogP contribution in [0.2, 0.25) is 0 Å². The molecule has 0 radical (unpaired) electrons. The first-order valence-electron chi connectivity index (χ1n) is 8.27. The third kappa shape index (κ3) is 4.57. The van der Waals surface area contributed by atoms with Crippen molar-refractivity contribution in [2.45, 2.75) is 13.8 Å². The number of hydrogen-bond acceptors (Lipinski definition) is 5. The largest absolute Gasteiger partial charge is 0.371 e. The Kier molecular flexibility index (Phi) is 6.42. The minimum absolute atomic E-state index is 0.0294. The summed E-state index contributed by atoms with van der Waals surface area (Å²) in [6.07, 6.45) is 0. The van der Waals surface area contributed by atoms with Crippen molar-refractivity contribution in [2.75, 3.05) is 18.0 Å². The van der Waals surface area contributed by atoms with Gasteiger partial charge in [0, 0.05) is 25.2 Å². The van der Waals surface area contributed by atoms with E-state index < -0.39 is 22.6 Å². The third-order valence-corrected chi connectivity index (χ3v) is 3.95. The summed E-state index contributed by atoms with van der Waals surface area (Å²) in [4.78, 5) is 36.8. The molecule has 2 aromatic rings. The van der Waals surface area contributed by atoms with Crippen molar-refractivity contribution in [3.8, 4) is 0 Å². The summed E-state index contributed by atoms with van der Waals surface area (Å²) in [5.41, 5.74) is 4.33. The van der Waals surface area contributed by atoms with Crippen LogP contribution >= 0.6 is 0 Å². The molecule has 0 aliphatic rings. The molecule has 0 aliphatic heterocycles. The zero-order chi connectivity index (χ0) is 20.0. The number of nitro benzene ring substituents is 1. The summed E-state index contributed by atoms with van der Waals surface area (Å²) in [5, 5.41) is 11.0. The van der Waals surface area contributed by atoms with Gasteiger partial charge in [-0.25, -0.2) is 4.39 Å². The number of nitrogens with zero attached hydrogens (tertiary/aromatic N) is 2. The van der Waals surface area contributed by atoms with E-state index in [2.05, 4.69) is 10.9 Å². The molecular formula is C18H19FN4O4. The highest BCUT2D eigenvalue weighted by Crippen LogP contribution is 2.25. The maximum Gasteiger partial charge on any atom is 0.272 e. The van der Waals surface area contributed by atoms with Gasteiger partial charge in [0.15, 0.2) is 0 Å². The molecule has 0 heterocycles. The summed E-state index contributed by atoms with van der Waals surface area (Å²) in [6.45, 7) is 4.92. The van der Waals surface area contributed by atoms with Crippen molar-refractivity contribution in [3.05, 3.63) is 69.5 Å². The molecule has 2 N–H and O–H groups in total. The highest BCUT2D eigenvalue weighted by atomic mass is 19.1. The molecular weight excluding hydrogens is 355 g/mol. The lowest BCUT2D eigenvalue weighted by Crippen LogP contribution is -2.42. The lowest BCUT2D eigenvalue weighted by atomic mass is 10.1. The number of benzene rings is 2. The first kappa shape index (κ1) is 19.8. The number of rotatable bonds is 6. The molecule has 142 valence electrons. The Labute approximate surface area is 155 Å². The van der Waals surface area contributed by atoms with Gasteiger partial charge >= 0.3 is 0 Å². The topological polar surface area (TPSA) is 105 Å². The van der Waals surface area contributed by atoms with Crippen LogP contribution in [-0.4, -0.2) is 29.8 Å².